The summed E-state index contributed by atoms with van der Waals surface area (Å²) in [5.74, 6) is 0.323. The van der Waals surface area contributed by atoms with Gasteiger partial charge in [0.2, 0.25) is 5.95 Å². The van der Waals surface area contributed by atoms with Crippen molar-refractivity contribution in [3.63, 3.8) is 0 Å². The van der Waals surface area contributed by atoms with Gasteiger partial charge in [-0.05, 0) is 6.07 Å². The van der Waals surface area contributed by atoms with Crippen LogP contribution < -0.4 is 5.73 Å². The predicted molar refractivity (Wildman–Crippen MR) is 58.4 cm³/mol. The van der Waals surface area contributed by atoms with Crippen molar-refractivity contribution in [1.82, 2.24) is 9.97 Å². The summed E-state index contributed by atoms with van der Waals surface area (Å²) in [5.41, 5.74) is 6.29. The van der Waals surface area contributed by atoms with Gasteiger partial charge in [0.1, 0.15) is 0 Å². The van der Waals surface area contributed by atoms with E-state index in [9.17, 15) is 0 Å². The largest absolute Gasteiger partial charge is 0.412 e. The van der Waals surface area contributed by atoms with E-state index in [1.165, 1.54) is 0 Å². The second-order valence-electron chi connectivity index (χ2n) is 2.29. The molecular weight excluding hydrogens is 206 g/mol. The van der Waals surface area contributed by atoms with E-state index in [1.807, 2.05) is 24.3 Å². The molecule has 78 valence electrons. The summed E-state index contributed by atoms with van der Waals surface area (Å²) in [6.45, 7) is 0. The third-order valence-electron chi connectivity index (χ3n) is 1.51. The molecule has 0 saturated carbocycles. The van der Waals surface area contributed by atoms with E-state index in [1.54, 1.807) is 6.20 Å². The Labute approximate surface area is 87.0 Å². The zero-order chi connectivity index (χ0) is 7.68. The quantitative estimate of drug-likeness (QED) is 0.669. The van der Waals surface area contributed by atoms with Crippen molar-refractivity contribution in [3.05, 3.63) is 30.5 Å². The Hall–Kier alpha value is -1.43. The number of para-hydroxylation sites is 1. The van der Waals surface area contributed by atoms with Crippen LogP contribution in [0.4, 0.5) is 5.95 Å². The first-order chi connectivity index (χ1) is 5.36. The van der Waals surface area contributed by atoms with Crippen LogP contribution in [0.25, 0.3) is 10.9 Å². The van der Waals surface area contributed by atoms with E-state index < -0.39 is 0 Å². The molecule has 14 heavy (non-hydrogen) atoms. The number of fused-ring (bicyclic) bond motifs is 1. The van der Waals surface area contributed by atoms with Crippen molar-refractivity contribution >= 4 is 29.3 Å². The van der Waals surface area contributed by atoms with E-state index in [4.69, 9.17) is 5.73 Å². The molecule has 0 aliphatic rings. The molecule has 0 spiro atoms. The van der Waals surface area contributed by atoms with Gasteiger partial charge >= 0.3 is 0 Å². The van der Waals surface area contributed by atoms with Crippen LogP contribution in [0.2, 0.25) is 0 Å². The van der Waals surface area contributed by atoms with Crippen molar-refractivity contribution in [1.29, 1.82) is 0 Å². The van der Waals surface area contributed by atoms with Crippen LogP contribution in [0.1, 0.15) is 0 Å². The standard InChI is InChI=1S/C8H7N3.ClH.2H2O/c9-8-10-5-6-3-1-2-4-7(6)11-8;;;/h1-5H,(H2,9,10,11);1H;2*1H2. The zero-order valence-electron chi connectivity index (χ0n) is 7.27. The molecule has 2 rings (SSSR count). The lowest BCUT2D eigenvalue weighted by molar-refractivity contribution is 0.823. The number of halogens is 1. The third kappa shape index (κ3) is 2.81. The van der Waals surface area contributed by atoms with Gasteiger partial charge in [0.25, 0.3) is 0 Å². The van der Waals surface area contributed by atoms with Gasteiger partial charge in [-0.3, -0.25) is 0 Å². The molecule has 0 bridgehead atoms. The molecule has 5 nitrogen and oxygen atoms in total. The average Bonchev–Trinajstić information content (AvgIpc) is 2.04. The smallest absolute Gasteiger partial charge is 0.220 e. The van der Waals surface area contributed by atoms with Crippen molar-refractivity contribution in [3.8, 4) is 0 Å². The first-order valence-electron chi connectivity index (χ1n) is 3.33. The molecule has 0 radical (unpaired) electrons. The predicted octanol–water partition coefficient (Wildman–Crippen LogP) is -0.0156. The summed E-state index contributed by atoms with van der Waals surface area (Å²) in [4.78, 5) is 7.92. The molecule has 0 aliphatic heterocycles. The molecular formula is C8H12ClN3O2. The lowest BCUT2D eigenvalue weighted by Gasteiger charge is -1.94. The first kappa shape index (κ1) is 15.1. The maximum absolute atomic E-state index is 5.40. The minimum atomic E-state index is 0. The second-order valence-corrected chi connectivity index (χ2v) is 2.29. The van der Waals surface area contributed by atoms with Crippen molar-refractivity contribution in [2.24, 2.45) is 0 Å². The highest BCUT2D eigenvalue weighted by molar-refractivity contribution is 5.85. The van der Waals surface area contributed by atoms with E-state index in [-0.39, 0.29) is 23.4 Å². The monoisotopic (exact) mass is 217 g/mol. The summed E-state index contributed by atoms with van der Waals surface area (Å²) < 4.78 is 0. The van der Waals surface area contributed by atoms with Gasteiger partial charge in [0.05, 0.1) is 5.52 Å². The van der Waals surface area contributed by atoms with Crippen LogP contribution in [-0.4, -0.2) is 20.9 Å². The maximum Gasteiger partial charge on any atom is 0.220 e. The fourth-order valence-corrected chi connectivity index (χ4v) is 0.986. The summed E-state index contributed by atoms with van der Waals surface area (Å²) in [6.07, 6.45) is 1.72. The normalized spacial score (nSPS) is 8.00. The second kappa shape index (κ2) is 6.09. The highest BCUT2D eigenvalue weighted by Gasteiger charge is 1.92. The fraction of sp³-hybridized carbons (Fsp3) is 0. The van der Waals surface area contributed by atoms with Crippen LogP contribution in [0.15, 0.2) is 30.5 Å². The number of hydrogen-bond donors (Lipinski definition) is 1. The molecule has 2 aromatic rings. The maximum atomic E-state index is 5.40. The summed E-state index contributed by atoms with van der Waals surface area (Å²) in [6, 6.07) is 7.73. The average molecular weight is 218 g/mol. The van der Waals surface area contributed by atoms with Crippen LogP contribution in [0, 0.1) is 0 Å². The summed E-state index contributed by atoms with van der Waals surface area (Å²) >= 11 is 0. The molecule has 0 atom stereocenters. The number of benzene rings is 1. The van der Waals surface area contributed by atoms with Crippen molar-refractivity contribution in [2.75, 3.05) is 5.73 Å². The van der Waals surface area contributed by atoms with Gasteiger partial charge in [0, 0.05) is 11.6 Å². The highest BCUT2D eigenvalue weighted by atomic mass is 35.5. The number of rotatable bonds is 0. The minimum Gasteiger partial charge on any atom is -0.412 e. The number of nitrogen functional groups attached to an aromatic ring is 1. The Morgan fingerprint density at radius 3 is 2.43 bits per heavy atom. The van der Waals surface area contributed by atoms with Gasteiger partial charge in [-0.25, -0.2) is 9.97 Å². The van der Waals surface area contributed by atoms with Crippen molar-refractivity contribution < 1.29 is 11.0 Å². The first-order valence-corrected chi connectivity index (χ1v) is 3.33. The molecule has 6 N–H and O–H groups in total. The fourth-order valence-electron chi connectivity index (χ4n) is 0.986. The van der Waals surface area contributed by atoms with Crippen LogP contribution >= 0.6 is 12.4 Å². The van der Waals surface area contributed by atoms with Crippen molar-refractivity contribution in [2.45, 2.75) is 0 Å². The molecule has 1 aromatic heterocycles. The molecule has 1 heterocycles. The van der Waals surface area contributed by atoms with Crippen LogP contribution in [0.5, 0.6) is 0 Å². The number of hydrogen-bond acceptors (Lipinski definition) is 3. The minimum absolute atomic E-state index is 0. The number of nitrogens with two attached hydrogens (primary N) is 1. The SMILES string of the molecule is Cl.Nc1ncc2ccccc2n1.O.O. The molecule has 1 aromatic carbocycles. The Bertz CT molecular complexity index is 397. The van der Waals surface area contributed by atoms with E-state index in [0.29, 0.717) is 5.95 Å². The Balaban J connectivity index is 0. The number of aromatic nitrogens is 2. The molecule has 0 aliphatic carbocycles. The lowest BCUT2D eigenvalue weighted by Crippen LogP contribution is -1.93. The molecule has 0 saturated heterocycles. The topological polar surface area (TPSA) is 115 Å². The van der Waals surface area contributed by atoms with E-state index in [2.05, 4.69) is 9.97 Å². The van der Waals surface area contributed by atoms with E-state index >= 15 is 0 Å². The Morgan fingerprint density at radius 2 is 1.71 bits per heavy atom. The van der Waals surface area contributed by atoms with Gasteiger partial charge in [-0.2, -0.15) is 0 Å². The summed E-state index contributed by atoms with van der Waals surface area (Å²) in [7, 11) is 0. The van der Waals surface area contributed by atoms with Crippen LogP contribution in [-0.2, 0) is 0 Å². The Morgan fingerprint density at radius 1 is 1.07 bits per heavy atom. The van der Waals surface area contributed by atoms with E-state index in [0.717, 1.165) is 10.9 Å². The third-order valence-corrected chi connectivity index (χ3v) is 1.51. The van der Waals surface area contributed by atoms with Crippen LogP contribution in [0.3, 0.4) is 0 Å². The zero-order valence-corrected chi connectivity index (χ0v) is 8.08. The molecule has 0 unspecified atom stereocenters. The Kier molecular flexibility index (Phi) is 6.55. The van der Waals surface area contributed by atoms with Gasteiger partial charge in [-0.15, -0.1) is 12.4 Å². The molecule has 0 amide bonds. The molecule has 6 heteroatoms. The van der Waals surface area contributed by atoms with Gasteiger partial charge in [-0.1, -0.05) is 18.2 Å². The van der Waals surface area contributed by atoms with Gasteiger partial charge in [0.15, 0.2) is 0 Å². The summed E-state index contributed by atoms with van der Waals surface area (Å²) in [5, 5.41) is 1.02. The highest BCUT2D eigenvalue weighted by Crippen LogP contribution is 2.09. The number of nitrogens with zero attached hydrogens (tertiary/aromatic N) is 2. The number of anilines is 1. The lowest BCUT2D eigenvalue weighted by atomic mass is 10.2. The van der Waals surface area contributed by atoms with Gasteiger partial charge < -0.3 is 16.7 Å². The molecule has 0 fully saturated rings.